The number of nitrogens with one attached hydrogen (secondary N) is 2. The lowest BCUT2D eigenvalue weighted by Gasteiger charge is -2.24. The molecule has 1 unspecified atom stereocenters. The van der Waals surface area contributed by atoms with Gasteiger partial charge in [0.2, 0.25) is 0 Å². The number of nitro benzene ring substituents is 1. The highest BCUT2D eigenvalue weighted by Crippen LogP contribution is 2.15. The lowest BCUT2D eigenvalue weighted by Crippen LogP contribution is -2.44. The summed E-state index contributed by atoms with van der Waals surface area (Å²) in [6.45, 7) is 5.92. The minimum atomic E-state index is -0.390. The topological polar surface area (TPSA) is 82.8 Å². The van der Waals surface area contributed by atoms with Gasteiger partial charge in [0, 0.05) is 38.3 Å². The third-order valence-electron chi connectivity index (χ3n) is 4.24. The Hall–Kier alpha value is -2.15. The average Bonchev–Trinajstić information content (AvgIpc) is 3.03. The molecule has 7 nitrogen and oxygen atoms in total. The number of rotatable bonds is 6. The number of nitro groups is 1. The summed E-state index contributed by atoms with van der Waals surface area (Å²) < 4.78 is 0. The van der Waals surface area contributed by atoms with Crippen LogP contribution in [0.15, 0.2) is 29.3 Å². The highest BCUT2D eigenvalue weighted by molar-refractivity contribution is 5.79. The normalized spacial score (nSPS) is 18.9. The molecule has 0 aromatic heterocycles. The van der Waals surface area contributed by atoms with E-state index < -0.39 is 4.92 Å². The highest BCUT2D eigenvalue weighted by Gasteiger charge is 2.22. The van der Waals surface area contributed by atoms with Crippen LogP contribution in [0.4, 0.5) is 5.69 Å². The Morgan fingerprint density at radius 1 is 1.39 bits per heavy atom. The molecule has 1 heterocycles. The van der Waals surface area contributed by atoms with Crippen molar-refractivity contribution in [2.75, 3.05) is 26.7 Å². The van der Waals surface area contributed by atoms with E-state index in [1.165, 1.54) is 31.5 Å². The number of likely N-dealkylation sites (N-methyl/N-ethyl adjacent to an activating group) is 1. The second kappa shape index (κ2) is 8.47. The van der Waals surface area contributed by atoms with Gasteiger partial charge in [0.15, 0.2) is 5.96 Å². The maximum atomic E-state index is 10.6. The van der Waals surface area contributed by atoms with Crippen LogP contribution >= 0.6 is 0 Å². The number of non-ortho nitro benzene ring substituents is 1. The van der Waals surface area contributed by atoms with E-state index in [2.05, 4.69) is 27.4 Å². The van der Waals surface area contributed by atoms with Crippen LogP contribution in [0.25, 0.3) is 0 Å². The van der Waals surface area contributed by atoms with Crippen molar-refractivity contribution in [1.82, 2.24) is 15.5 Å². The molecular formula is C16H25N5O2. The molecule has 7 heteroatoms. The molecule has 1 aromatic rings. The summed E-state index contributed by atoms with van der Waals surface area (Å²) in [6.07, 6.45) is 2.48. The Kier molecular flexibility index (Phi) is 6.34. The van der Waals surface area contributed by atoms with Crippen LogP contribution in [0.1, 0.15) is 25.3 Å². The van der Waals surface area contributed by atoms with Gasteiger partial charge in [-0.2, -0.15) is 0 Å². The Morgan fingerprint density at radius 3 is 2.74 bits per heavy atom. The van der Waals surface area contributed by atoms with Gasteiger partial charge in [-0.15, -0.1) is 0 Å². The van der Waals surface area contributed by atoms with Crippen LogP contribution < -0.4 is 10.6 Å². The van der Waals surface area contributed by atoms with Gasteiger partial charge in [0.1, 0.15) is 0 Å². The molecule has 2 N–H and O–H groups in total. The summed E-state index contributed by atoms with van der Waals surface area (Å²) in [4.78, 5) is 17.0. The van der Waals surface area contributed by atoms with E-state index in [-0.39, 0.29) is 5.69 Å². The van der Waals surface area contributed by atoms with E-state index in [9.17, 15) is 10.1 Å². The fourth-order valence-electron chi connectivity index (χ4n) is 2.90. The SMILES string of the molecule is CCN1CCCC1CNC(=NC)NCc1ccc([N+](=O)[O-])cc1. The van der Waals surface area contributed by atoms with Gasteiger partial charge < -0.3 is 10.6 Å². The molecule has 0 aliphatic carbocycles. The van der Waals surface area contributed by atoms with E-state index in [4.69, 9.17) is 0 Å². The Balaban J connectivity index is 1.79. The van der Waals surface area contributed by atoms with Crippen LogP contribution in [0.5, 0.6) is 0 Å². The molecule has 0 spiro atoms. The van der Waals surface area contributed by atoms with Crippen LogP contribution in [0.3, 0.4) is 0 Å². The van der Waals surface area contributed by atoms with Crippen LogP contribution in [0.2, 0.25) is 0 Å². The molecule has 0 bridgehead atoms. The average molecular weight is 319 g/mol. The largest absolute Gasteiger partial charge is 0.355 e. The molecule has 2 rings (SSSR count). The smallest absolute Gasteiger partial charge is 0.269 e. The van der Waals surface area contributed by atoms with Gasteiger partial charge in [-0.3, -0.25) is 20.0 Å². The summed E-state index contributed by atoms with van der Waals surface area (Å²) >= 11 is 0. The molecule has 23 heavy (non-hydrogen) atoms. The van der Waals surface area contributed by atoms with E-state index in [0.717, 1.165) is 24.6 Å². The molecule has 0 amide bonds. The van der Waals surface area contributed by atoms with Crippen molar-refractivity contribution < 1.29 is 4.92 Å². The summed E-state index contributed by atoms with van der Waals surface area (Å²) in [6, 6.07) is 7.12. The first kappa shape index (κ1) is 17.2. The standard InChI is InChI=1S/C16H25N5O2/c1-3-20-10-4-5-15(20)12-19-16(17-2)18-11-13-6-8-14(9-7-13)21(22)23/h6-9,15H,3-5,10-12H2,1-2H3,(H2,17,18,19). The number of aliphatic imine (C=N–C) groups is 1. The molecule has 126 valence electrons. The van der Waals surface area contributed by atoms with E-state index in [1.54, 1.807) is 19.2 Å². The number of nitrogens with zero attached hydrogens (tertiary/aromatic N) is 3. The van der Waals surface area contributed by atoms with E-state index in [1.807, 2.05) is 0 Å². The predicted octanol–water partition coefficient (Wildman–Crippen LogP) is 1.74. The van der Waals surface area contributed by atoms with Crippen LogP contribution in [-0.4, -0.2) is 48.5 Å². The molecule has 1 aliphatic heterocycles. The Bertz CT molecular complexity index is 544. The fraction of sp³-hybridized carbons (Fsp3) is 0.562. The van der Waals surface area contributed by atoms with Crippen molar-refractivity contribution in [2.45, 2.75) is 32.4 Å². The molecule has 1 fully saturated rings. The molecule has 0 radical (unpaired) electrons. The third-order valence-corrected chi connectivity index (χ3v) is 4.24. The summed E-state index contributed by atoms with van der Waals surface area (Å²) in [7, 11) is 1.75. The second-order valence-electron chi connectivity index (χ2n) is 5.65. The first-order valence-electron chi connectivity index (χ1n) is 8.06. The summed E-state index contributed by atoms with van der Waals surface area (Å²) in [5.41, 5.74) is 1.09. The van der Waals surface area contributed by atoms with Crippen molar-refractivity contribution in [1.29, 1.82) is 0 Å². The van der Waals surface area contributed by atoms with Crippen LogP contribution in [0, 0.1) is 10.1 Å². The number of likely N-dealkylation sites (tertiary alicyclic amines) is 1. The summed E-state index contributed by atoms with van der Waals surface area (Å²) in [5, 5.41) is 17.3. The van der Waals surface area contributed by atoms with Gasteiger partial charge in [-0.1, -0.05) is 19.1 Å². The molecule has 1 aromatic carbocycles. The lowest BCUT2D eigenvalue weighted by molar-refractivity contribution is -0.384. The maximum Gasteiger partial charge on any atom is 0.269 e. The zero-order valence-corrected chi connectivity index (χ0v) is 13.8. The summed E-state index contributed by atoms with van der Waals surface area (Å²) in [5.74, 6) is 0.756. The van der Waals surface area contributed by atoms with Crippen molar-refractivity contribution in [2.24, 2.45) is 4.99 Å². The fourth-order valence-corrected chi connectivity index (χ4v) is 2.90. The Labute approximate surface area is 136 Å². The van der Waals surface area contributed by atoms with Crippen molar-refractivity contribution >= 4 is 11.6 Å². The number of hydrogen-bond acceptors (Lipinski definition) is 4. The molecule has 1 atom stereocenters. The zero-order valence-electron chi connectivity index (χ0n) is 13.8. The molecule has 1 aliphatic rings. The van der Waals surface area contributed by atoms with Crippen LogP contribution in [-0.2, 0) is 6.54 Å². The second-order valence-corrected chi connectivity index (χ2v) is 5.65. The van der Waals surface area contributed by atoms with Crippen molar-refractivity contribution in [3.8, 4) is 0 Å². The van der Waals surface area contributed by atoms with Crippen molar-refractivity contribution in [3.05, 3.63) is 39.9 Å². The molecule has 0 saturated carbocycles. The quantitative estimate of drug-likeness (QED) is 0.361. The number of hydrogen-bond donors (Lipinski definition) is 2. The molecular weight excluding hydrogens is 294 g/mol. The third kappa shape index (κ3) is 4.92. The Morgan fingerprint density at radius 2 is 2.13 bits per heavy atom. The van der Waals surface area contributed by atoms with E-state index >= 15 is 0 Å². The predicted molar refractivity (Wildman–Crippen MR) is 91.6 cm³/mol. The highest BCUT2D eigenvalue weighted by atomic mass is 16.6. The minimum absolute atomic E-state index is 0.108. The van der Waals surface area contributed by atoms with Gasteiger partial charge in [0.25, 0.3) is 5.69 Å². The van der Waals surface area contributed by atoms with Crippen molar-refractivity contribution in [3.63, 3.8) is 0 Å². The zero-order chi connectivity index (χ0) is 16.7. The lowest BCUT2D eigenvalue weighted by atomic mass is 10.2. The molecule has 1 saturated heterocycles. The number of guanidine groups is 1. The van der Waals surface area contributed by atoms with Gasteiger partial charge in [-0.25, -0.2) is 0 Å². The number of benzene rings is 1. The van der Waals surface area contributed by atoms with E-state index in [0.29, 0.717) is 12.6 Å². The monoisotopic (exact) mass is 319 g/mol. The maximum absolute atomic E-state index is 10.6. The van der Waals surface area contributed by atoms with Gasteiger partial charge in [-0.05, 0) is 31.5 Å². The van der Waals surface area contributed by atoms with Gasteiger partial charge in [0.05, 0.1) is 4.92 Å². The first-order valence-corrected chi connectivity index (χ1v) is 8.06. The first-order chi connectivity index (χ1) is 11.1. The van der Waals surface area contributed by atoms with Gasteiger partial charge >= 0.3 is 0 Å². The minimum Gasteiger partial charge on any atom is -0.355 e.